The van der Waals surface area contributed by atoms with Crippen molar-refractivity contribution < 1.29 is 14.6 Å². The predicted octanol–water partition coefficient (Wildman–Crippen LogP) is 0.109. The highest BCUT2D eigenvalue weighted by Gasteiger charge is 2.22. The summed E-state index contributed by atoms with van der Waals surface area (Å²) in [5, 5.41) is 12.5. The first kappa shape index (κ1) is 14.3. The van der Waals surface area contributed by atoms with Gasteiger partial charge in [-0.15, -0.1) is 0 Å². The molecule has 0 bridgehead atoms. The lowest BCUT2D eigenvalue weighted by molar-refractivity contribution is -0.131. The van der Waals surface area contributed by atoms with Crippen molar-refractivity contribution >= 4 is 11.7 Å². The minimum Gasteiger partial charge on any atom is -0.478 e. The molecule has 1 fully saturated rings. The van der Waals surface area contributed by atoms with Gasteiger partial charge in [0, 0.05) is 32.3 Å². The average molecular weight is 279 g/mol. The van der Waals surface area contributed by atoms with Gasteiger partial charge in [-0.3, -0.25) is 4.79 Å². The summed E-state index contributed by atoms with van der Waals surface area (Å²) in [6, 6.07) is 1.51. The third-order valence-corrected chi connectivity index (χ3v) is 3.24. The molecule has 20 heavy (non-hydrogen) atoms. The van der Waals surface area contributed by atoms with Gasteiger partial charge in [0.15, 0.2) is 0 Å². The molecule has 1 aliphatic rings. The molecule has 7 heteroatoms. The molecule has 1 aromatic rings. The maximum atomic E-state index is 11.9. The standard InChI is InChI=1S/C13H17N3O4/c1-20-11-4-6-15(9-11)10-7-12(17)16(14-8-10)5-2-3-13(18)19/h2-3,7-8,11H,4-6,9H2,1H3,(H,18,19)/b3-2+. The van der Waals surface area contributed by atoms with E-state index < -0.39 is 5.97 Å². The predicted molar refractivity (Wildman–Crippen MR) is 72.9 cm³/mol. The zero-order chi connectivity index (χ0) is 14.5. The van der Waals surface area contributed by atoms with Crippen LogP contribution < -0.4 is 10.5 Å². The third kappa shape index (κ3) is 3.45. The lowest BCUT2D eigenvalue weighted by Crippen LogP contribution is -2.27. The quantitative estimate of drug-likeness (QED) is 0.770. The number of carbonyl (C=O) groups is 1. The Morgan fingerprint density at radius 3 is 3.05 bits per heavy atom. The highest BCUT2D eigenvalue weighted by molar-refractivity contribution is 5.79. The summed E-state index contributed by atoms with van der Waals surface area (Å²) in [7, 11) is 1.68. The zero-order valence-electron chi connectivity index (χ0n) is 11.2. The minimum absolute atomic E-state index is 0.145. The van der Waals surface area contributed by atoms with Gasteiger partial charge in [0.05, 0.1) is 24.5 Å². The van der Waals surface area contributed by atoms with E-state index in [4.69, 9.17) is 9.84 Å². The Hall–Kier alpha value is -2.15. The van der Waals surface area contributed by atoms with Crippen LogP contribution in [-0.2, 0) is 16.1 Å². The van der Waals surface area contributed by atoms with E-state index in [0.29, 0.717) is 0 Å². The van der Waals surface area contributed by atoms with Crippen molar-refractivity contribution in [2.45, 2.75) is 19.1 Å². The van der Waals surface area contributed by atoms with E-state index in [1.807, 2.05) is 0 Å². The lowest BCUT2D eigenvalue weighted by atomic mass is 10.3. The topological polar surface area (TPSA) is 84.7 Å². The Morgan fingerprint density at radius 2 is 2.45 bits per heavy atom. The fourth-order valence-corrected chi connectivity index (χ4v) is 2.14. The average Bonchev–Trinajstić information content (AvgIpc) is 2.89. The largest absolute Gasteiger partial charge is 0.478 e. The third-order valence-electron chi connectivity index (χ3n) is 3.24. The van der Waals surface area contributed by atoms with E-state index in [0.717, 1.165) is 31.3 Å². The Kier molecular flexibility index (Phi) is 4.52. The van der Waals surface area contributed by atoms with Gasteiger partial charge in [-0.05, 0) is 6.42 Å². The molecule has 0 spiro atoms. The van der Waals surface area contributed by atoms with Crippen LogP contribution in [0.15, 0.2) is 29.2 Å². The Morgan fingerprint density at radius 1 is 1.65 bits per heavy atom. The number of anilines is 1. The van der Waals surface area contributed by atoms with Crippen LogP contribution in [0.25, 0.3) is 0 Å². The van der Waals surface area contributed by atoms with Gasteiger partial charge in [0.25, 0.3) is 5.56 Å². The van der Waals surface area contributed by atoms with Crippen molar-refractivity contribution in [1.82, 2.24) is 9.78 Å². The molecule has 1 aromatic heterocycles. The van der Waals surface area contributed by atoms with Crippen molar-refractivity contribution in [2.75, 3.05) is 25.1 Å². The first-order chi connectivity index (χ1) is 9.60. The normalized spacial score (nSPS) is 18.9. The second-order valence-electron chi connectivity index (χ2n) is 4.57. The highest BCUT2D eigenvalue weighted by Crippen LogP contribution is 2.19. The van der Waals surface area contributed by atoms with Gasteiger partial charge in [-0.25, -0.2) is 9.48 Å². The molecule has 2 heterocycles. The van der Waals surface area contributed by atoms with Gasteiger partial charge in [-0.2, -0.15) is 5.10 Å². The van der Waals surface area contributed by atoms with Crippen LogP contribution in [0.2, 0.25) is 0 Å². The first-order valence-corrected chi connectivity index (χ1v) is 6.34. The first-order valence-electron chi connectivity index (χ1n) is 6.34. The van der Waals surface area contributed by atoms with E-state index in [-0.39, 0.29) is 18.2 Å². The number of hydrogen-bond donors (Lipinski definition) is 1. The van der Waals surface area contributed by atoms with Gasteiger partial charge in [0.1, 0.15) is 0 Å². The number of carboxylic acids is 1. The summed E-state index contributed by atoms with van der Waals surface area (Å²) in [5.74, 6) is -1.04. The molecule has 1 unspecified atom stereocenters. The van der Waals surface area contributed by atoms with Crippen LogP contribution in [0.4, 0.5) is 5.69 Å². The van der Waals surface area contributed by atoms with Crippen molar-refractivity contribution in [2.24, 2.45) is 0 Å². The molecule has 1 atom stereocenters. The van der Waals surface area contributed by atoms with E-state index in [1.54, 1.807) is 13.3 Å². The molecule has 0 amide bonds. The van der Waals surface area contributed by atoms with Crippen molar-refractivity contribution in [3.05, 3.63) is 34.8 Å². The number of ether oxygens (including phenoxy) is 1. The second kappa shape index (κ2) is 6.33. The summed E-state index contributed by atoms with van der Waals surface area (Å²) < 4.78 is 6.50. The number of aliphatic carboxylic acids is 1. The highest BCUT2D eigenvalue weighted by atomic mass is 16.5. The van der Waals surface area contributed by atoms with Crippen LogP contribution in [-0.4, -0.2) is 47.2 Å². The van der Waals surface area contributed by atoms with Gasteiger partial charge in [-0.1, -0.05) is 6.08 Å². The molecule has 2 rings (SSSR count). The second-order valence-corrected chi connectivity index (χ2v) is 4.57. The smallest absolute Gasteiger partial charge is 0.328 e. The van der Waals surface area contributed by atoms with Crippen molar-refractivity contribution in [1.29, 1.82) is 0 Å². The fraction of sp³-hybridized carbons (Fsp3) is 0.462. The number of allylic oxidation sites excluding steroid dienone is 1. The molecule has 0 saturated carbocycles. The molecule has 0 aliphatic carbocycles. The van der Waals surface area contributed by atoms with E-state index in [2.05, 4.69) is 10.00 Å². The Labute approximate surface area is 116 Å². The van der Waals surface area contributed by atoms with Gasteiger partial charge < -0.3 is 14.7 Å². The molecular formula is C13H17N3O4. The molecule has 7 nitrogen and oxygen atoms in total. The SMILES string of the molecule is COC1CCN(c2cnn(C/C=C/C(=O)O)c(=O)c2)C1. The van der Waals surface area contributed by atoms with Crippen LogP contribution in [0, 0.1) is 0 Å². The minimum atomic E-state index is -1.04. The van der Waals surface area contributed by atoms with E-state index in [9.17, 15) is 9.59 Å². The monoisotopic (exact) mass is 279 g/mol. The molecule has 0 aromatic carbocycles. The molecule has 1 aliphatic heterocycles. The van der Waals surface area contributed by atoms with Gasteiger partial charge >= 0.3 is 5.97 Å². The van der Waals surface area contributed by atoms with E-state index in [1.165, 1.54) is 16.8 Å². The number of rotatable bonds is 5. The maximum Gasteiger partial charge on any atom is 0.328 e. The number of methoxy groups -OCH3 is 1. The Balaban J connectivity index is 2.06. The molecule has 108 valence electrons. The van der Waals surface area contributed by atoms with Gasteiger partial charge in [0.2, 0.25) is 0 Å². The number of carboxylic acid groups (broad SMARTS) is 1. The van der Waals surface area contributed by atoms with Crippen molar-refractivity contribution in [3.63, 3.8) is 0 Å². The zero-order valence-corrected chi connectivity index (χ0v) is 11.2. The maximum absolute atomic E-state index is 11.9. The number of aromatic nitrogens is 2. The summed E-state index contributed by atoms with van der Waals surface area (Å²) >= 11 is 0. The molecule has 0 radical (unpaired) electrons. The van der Waals surface area contributed by atoms with Crippen LogP contribution >= 0.6 is 0 Å². The van der Waals surface area contributed by atoms with Crippen LogP contribution in [0.5, 0.6) is 0 Å². The lowest BCUT2D eigenvalue weighted by Gasteiger charge is -2.17. The molecule has 1 saturated heterocycles. The molecular weight excluding hydrogens is 262 g/mol. The number of nitrogens with zero attached hydrogens (tertiary/aromatic N) is 3. The molecule has 1 N–H and O–H groups in total. The van der Waals surface area contributed by atoms with Crippen LogP contribution in [0.3, 0.4) is 0 Å². The van der Waals surface area contributed by atoms with Crippen LogP contribution in [0.1, 0.15) is 6.42 Å². The summed E-state index contributed by atoms with van der Waals surface area (Å²) in [5.41, 5.74) is 0.520. The summed E-state index contributed by atoms with van der Waals surface area (Å²) in [4.78, 5) is 24.3. The van der Waals surface area contributed by atoms with Crippen molar-refractivity contribution in [3.8, 4) is 0 Å². The fourth-order valence-electron chi connectivity index (χ4n) is 2.14. The summed E-state index contributed by atoms with van der Waals surface area (Å²) in [6.07, 6.45) is 5.12. The Bertz CT molecular complexity index is 567. The number of hydrogen-bond acceptors (Lipinski definition) is 5. The summed E-state index contributed by atoms with van der Waals surface area (Å²) in [6.45, 7) is 1.73. The van der Waals surface area contributed by atoms with E-state index >= 15 is 0 Å².